The molecule has 0 aliphatic carbocycles. The molecule has 0 bridgehead atoms. The summed E-state index contributed by atoms with van der Waals surface area (Å²) in [6.45, 7) is 3.63. The zero-order valence-corrected chi connectivity index (χ0v) is 15.8. The minimum Gasteiger partial charge on any atom is -0.507 e. The van der Waals surface area contributed by atoms with Gasteiger partial charge in [-0.15, -0.1) is 15.3 Å². The van der Waals surface area contributed by atoms with Crippen molar-refractivity contribution in [2.75, 3.05) is 0 Å². The first-order chi connectivity index (χ1) is 13.9. The molecule has 9 nitrogen and oxygen atoms in total. The number of fused-ring (bicyclic) bond motifs is 1. The van der Waals surface area contributed by atoms with Gasteiger partial charge in [0.25, 0.3) is 0 Å². The Kier molecular flexibility index (Phi) is 4.63. The molecule has 3 heterocycles. The third-order valence-electron chi connectivity index (χ3n) is 4.56. The number of phenolic OH excluding ortho intramolecular Hbond substituents is 1. The maximum Gasteiger partial charge on any atom is 0.328 e. The molecule has 4 aromatic rings. The monoisotopic (exact) mass is 390 g/mol. The summed E-state index contributed by atoms with van der Waals surface area (Å²) in [5.41, 5.74) is 3.21. The van der Waals surface area contributed by atoms with Crippen molar-refractivity contribution in [1.29, 1.82) is 0 Å². The van der Waals surface area contributed by atoms with Gasteiger partial charge in [-0.25, -0.2) is 14.5 Å². The van der Waals surface area contributed by atoms with Crippen molar-refractivity contribution >= 4 is 17.0 Å². The van der Waals surface area contributed by atoms with E-state index in [9.17, 15) is 15.0 Å². The highest BCUT2D eigenvalue weighted by molar-refractivity contribution is 5.81. The van der Waals surface area contributed by atoms with Gasteiger partial charge in [0.15, 0.2) is 6.04 Å². The van der Waals surface area contributed by atoms with Crippen LogP contribution in [-0.2, 0) is 4.79 Å². The second-order valence-corrected chi connectivity index (χ2v) is 6.96. The lowest BCUT2D eigenvalue weighted by atomic mass is 10.1. The molecule has 29 heavy (non-hydrogen) atoms. The van der Waals surface area contributed by atoms with Gasteiger partial charge in [0.1, 0.15) is 17.0 Å². The Hall–Kier alpha value is -3.88. The Morgan fingerprint density at radius 3 is 2.48 bits per heavy atom. The van der Waals surface area contributed by atoms with E-state index < -0.39 is 12.0 Å². The average Bonchev–Trinajstić information content (AvgIpc) is 3.16. The lowest BCUT2D eigenvalue weighted by Gasteiger charge is -2.15. The standard InChI is InChI=1S/C20H18N6O3/c1-11(2)19(20(28)29)26-10-17(24-25-26)13-7-8-14-16(21-13)9-15(23-22-14)12-5-3-4-6-18(12)27/h3-11,19,27H,1-2H3,(H,28,29)/t19-/m0/s1. The van der Waals surface area contributed by atoms with Crippen LogP contribution in [0.25, 0.3) is 33.7 Å². The fourth-order valence-electron chi connectivity index (χ4n) is 3.12. The largest absolute Gasteiger partial charge is 0.507 e. The molecule has 2 N–H and O–H groups in total. The van der Waals surface area contributed by atoms with Gasteiger partial charge in [-0.1, -0.05) is 31.2 Å². The van der Waals surface area contributed by atoms with Crippen LogP contribution in [0.5, 0.6) is 5.75 Å². The molecule has 1 atom stereocenters. The van der Waals surface area contributed by atoms with Gasteiger partial charge >= 0.3 is 5.97 Å². The Bertz CT molecular complexity index is 1200. The van der Waals surface area contributed by atoms with Crippen molar-refractivity contribution in [2.45, 2.75) is 19.9 Å². The van der Waals surface area contributed by atoms with Crippen molar-refractivity contribution in [2.24, 2.45) is 5.92 Å². The van der Waals surface area contributed by atoms with Crippen LogP contribution in [0.15, 0.2) is 48.7 Å². The molecule has 0 aliphatic rings. The number of carboxylic acids is 1. The predicted molar refractivity (Wildman–Crippen MR) is 105 cm³/mol. The molecular weight excluding hydrogens is 372 g/mol. The highest BCUT2D eigenvalue weighted by atomic mass is 16.4. The average molecular weight is 390 g/mol. The van der Waals surface area contributed by atoms with Crippen LogP contribution in [-0.4, -0.2) is 46.4 Å². The molecule has 0 unspecified atom stereocenters. The SMILES string of the molecule is CC(C)[C@@H](C(=O)O)n1cc(-c2ccc3nnc(-c4ccccc4O)cc3n2)nn1. The lowest BCUT2D eigenvalue weighted by Crippen LogP contribution is -2.24. The summed E-state index contributed by atoms with van der Waals surface area (Å²) >= 11 is 0. The van der Waals surface area contributed by atoms with E-state index >= 15 is 0 Å². The third-order valence-corrected chi connectivity index (χ3v) is 4.56. The number of nitrogens with zero attached hydrogens (tertiary/aromatic N) is 6. The number of benzene rings is 1. The number of rotatable bonds is 5. The first kappa shape index (κ1) is 18.5. The molecule has 4 rings (SSSR count). The number of para-hydroxylation sites is 1. The molecule has 0 aliphatic heterocycles. The van der Waals surface area contributed by atoms with E-state index in [0.29, 0.717) is 33.7 Å². The smallest absolute Gasteiger partial charge is 0.328 e. The highest BCUT2D eigenvalue weighted by Gasteiger charge is 2.25. The maximum atomic E-state index is 11.5. The van der Waals surface area contributed by atoms with Gasteiger partial charge < -0.3 is 10.2 Å². The van der Waals surface area contributed by atoms with Crippen molar-refractivity contribution in [3.05, 3.63) is 48.7 Å². The van der Waals surface area contributed by atoms with Crippen LogP contribution in [0.4, 0.5) is 0 Å². The van der Waals surface area contributed by atoms with Gasteiger partial charge in [-0.3, -0.25) is 0 Å². The van der Waals surface area contributed by atoms with Gasteiger partial charge in [-0.05, 0) is 36.2 Å². The molecule has 1 aromatic carbocycles. The number of pyridine rings is 1. The van der Waals surface area contributed by atoms with Crippen LogP contribution in [0, 0.1) is 5.92 Å². The Labute approximate surface area is 165 Å². The summed E-state index contributed by atoms with van der Waals surface area (Å²) in [5, 5.41) is 35.9. The van der Waals surface area contributed by atoms with E-state index in [0.717, 1.165) is 0 Å². The van der Waals surface area contributed by atoms with Crippen LogP contribution in [0.1, 0.15) is 19.9 Å². The van der Waals surface area contributed by atoms with Crippen molar-refractivity contribution < 1.29 is 15.0 Å². The van der Waals surface area contributed by atoms with E-state index in [-0.39, 0.29) is 11.7 Å². The summed E-state index contributed by atoms with van der Waals surface area (Å²) in [4.78, 5) is 16.1. The van der Waals surface area contributed by atoms with Gasteiger partial charge in [-0.2, -0.15) is 0 Å². The Balaban J connectivity index is 1.74. The van der Waals surface area contributed by atoms with E-state index in [1.807, 2.05) is 13.8 Å². The Morgan fingerprint density at radius 1 is 0.966 bits per heavy atom. The molecule has 0 fully saturated rings. The number of carbonyl (C=O) groups is 1. The van der Waals surface area contributed by atoms with E-state index in [1.54, 1.807) is 48.7 Å². The molecular formula is C20H18N6O3. The minimum absolute atomic E-state index is 0.105. The summed E-state index contributed by atoms with van der Waals surface area (Å²) in [5.74, 6) is -1.01. The Morgan fingerprint density at radius 2 is 1.76 bits per heavy atom. The second kappa shape index (κ2) is 7.27. The van der Waals surface area contributed by atoms with Crippen molar-refractivity contribution in [3.8, 4) is 28.4 Å². The number of hydrogen-bond donors (Lipinski definition) is 2. The van der Waals surface area contributed by atoms with Crippen LogP contribution >= 0.6 is 0 Å². The molecule has 0 amide bonds. The second-order valence-electron chi connectivity index (χ2n) is 6.96. The summed E-state index contributed by atoms with van der Waals surface area (Å²) in [6.07, 6.45) is 1.57. The first-order valence-corrected chi connectivity index (χ1v) is 9.02. The third kappa shape index (κ3) is 3.49. The summed E-state index contributed by atoms with van der Waals surface area (Å²) in [7, 11) is 0. The predicted octanol–water partition coefficient (Wildman–Crippen LogP) is 2.94. The van der Waals surface area contributed by atoms with Gasteiger partial charge in [0.2, 0.25) is 0 Å². The van der Waals surface area contributed by atoms with Gasteiger partial charge in [0.05, 0.1) is 23.1 Å². The van der Waals surface area contributed by atoms with E-state index in [4.69, 9.17) is 0 Å². The summed E-state index contributed by atoms with van der Waals surface area (Å²) < 4.78 is 1.34. The minimum atomic E-state index is -0.967. The molecule has 0 saturated heterocycles. The van der Waals surface area contributed by atoms with Crippen LogP contribution in [0.3, 0.4) is 0 Å². The van der Waals surface area contributed by atoms with Crippen LogP contribution < -0.4 is 0 Å². The van der Waals surface area contributed by atoms with Crippen LogP contribution in [0.2, 0.25) is 0 Å². The van der Waals surface area contributed by atoms with Crippen molar-refractivity contribution in [1.82, 2.24) is 30.2 Å². The number of phenols is 1. The molecule has 0 saturated carbocycles. The molecule has 146 valence electrons. The quantitative estimate of drug-likeness (QED) is 0.532. The summed E-state index contributed by atoms with van der Waals surface area (Å²) in [6, 6.07) is 11.3. The lowest BCUT2D eigenvalue weighted by molar-refractivity contribution is -0.142. The number of aromatic hydroxyl groups is 1. The fraction of sp³-hybridized carbons (Fsp3) is 0.200. The number of aliphatic carboxylic acids is 1. The zero-order valence-electron chi connectivity index (χ0n) is 15.8. The highest BCUT2D eigenvalue weighted by Crippen LogP contribution is 2.28. The zero-order chi connectivity index (χ0) is 20.5. The van der Waals surface area contributed by atoms with E-state index in [2.05, 4.69) is 25.5 Å². The molecule has 9 heteroatoms. The maximum absolute atomic E-state index is 11.5. The molecule has 0 radical (unpaired) electrons. The van der Waals surface area contributed by atoms with Crippen molar-refractivity contribution in [3.63, 3.8) is 0 Å². The van der Waals surface area contributed by atoms with E-state index in [1.165, 1.54) is 4.68 Å². The van der Waals surface area contributed by atoms with Gasteiger partial charge in [0, 0.05) is 5.56 Å². The fourth-order valence-corrected chi connectivity index (χ4v) is 3.12. The number of aromatic nitrogens is 6. The topological polar surface area (TPSA) is 127 Å². The molecule has 3 aromatic heterocycles. The number of hydrogen-bond acceptors (Lipinski definition) is 7. The number of carboxylic acid groups (broad SMARTS) is 1. The molecule has 0 spiro atoms. The first-order valence-electron chi connectivity index (χ1n) is 9.02. The normalized spacial score (nSPS) is 12.4.